The summed E-state index contributed by atoms with van der Waals surface area (Å²) in [7, 11) is 1.68. The number of carbonyl (C=O) groups is 1. The number of methoxy groups -OCH3 is 1. The van der Waals surface area contributed by atoms with Crippen molar-refractivity contribution in [2.45, 2.75) is 12.0 Å². The van der Waals surface area contributed by atoms with Crippen molar-refractivity contribution in [2.24, 2.45) is 0 Å². The van der Waals surface area contributed by atoms with Crippen LogP contribution in [0.2, 0.25) is 0 Å². The van der Waals surface area contributed by atoms with Gasteiger partial charge in [0.25, 0.3) is 5.91 Å². The molecule has 2 aliphatic heterocycles. The van der Waals surface area contributed by atoms with E-state index in [1.54, 1.807) is 7.11 Å². The van der Waals surface area contributed by atoms with Crippen LogP contribution in [0.1, 0.15) is 16.8 Å². The third-order valence-electron chi connectivity index (χ3n) is 5.31. The van der Waals surface area contributed by atoms with Gasteiger partial charge in [-0.1, -0.05) is 12.1 Å². The number of anilines is 1. The minimum Gasteiger partial charge on any atom is -0.497 e. The summed E-state index contributed by atoms with van der Waals surface area (Å²) in [4.78, 5) is 16.5. The number of nitrogens with two attached hydrogens (primary N) is 1. The molecule has 0 unspecified atom stereocenters. The zero-order valence-corrected chi connectivity index (χ0v) is 13.3. The Balaban J connectivity index is 1.83. The maximum Gasteiger partial charge on any atom is 0.297 e. The predicted molar refractivity (Wildman–Crippen MR) is 91.2 cm³/mol. The first kappa shape index (κ1) is 13.6. The highest BCUT2D eigenvalue weighted by Crippen LogP contribution is 2.42. The molecule has 2 aromatic carbocycles. The van der Waals surface area contributed by atoms with Gasteiger partial charge in [0.15, 0.2) is 0 Å². The van der Waals surface area contributed by atoms with Gasteiger partial charge in [0.2, 0.25) is 5.54 Å². The maximum atomic E-state index is 13.0. The van der Waals surface area contributed by atoms with Crippen LogP contribution < -0.4 is 15.4 Å². The SMILES string of the molecule is COc1ccc2[nH]c3c(c2c1)CC[NH2+][C@@]31C(=O)Nc2ccccc21. The van der Waals surface area contributed by atoms with Crippen molar-refractivity contribution >= 4 is 22.5 Å². The number of nitrogens with one attached hydrogen (secondary N) is 2. The largest absolute Gasteiger partial charge is 0.497 e. The lowest BCUT2D eigenvalue weighted by atomic mass is 9.82. The van der Waals surface area contributed by atoms with Gasteiger partial charge >= 0.3 is 0 Å². The number of carbonyl (C=O) groups excluding carboxylic acids is 1. The summed E-state index contributed by atoms with van der Waals surface area (Å²) in [6.07, 6.45) is 0.930. The molecule has 3 heterocycles. The predicted octanol–water partition coefficient (Wildman–Crippen LogP) is 1.49. The summed E-state index contributed by atoms with van der Waals surface area (Å²) < 4.78 is 5.38. The molecule has 0 fully saturated rings. The molecule has 0 bridgehead atoms. The molecule has 0 saturated heterocycles. The number of benzene rings is 2. The molecule has 1 atom stereocenters. The fourth-order valence-corrected chi connectivity index (χ4v) is 4.22. The van der Waals surface area contributed by atoms with E-state index in [2.05, 4.69) is 21.7 Å². The van der Waals surface area contributed by atoms with E-state index in [1.165, 1.54) is 5.56 Å². The molecule has 24 heavy (non-hydrogen) atoms. The van der Waals surface area contributed by atoms with E-state index in [0.29, 0.717) is 0 Å². The molecule has 1 spiro atoms. The van der Waals surface area contributed by atoms with Gasteiger partial charge in [-0.2, -0.15) is 0 Å². The van der Waals surface area contributed by atoms with Crippen LogP contribution in [0.3, 0.4) is 0 Å². The molecule has 3 aromatic rings. The van der Waals surface area contributed by atoms with Gasteiger partial charge in [0.05, 0.1) is 30.6 Å². The van der Waals surface area contributed by atoms with Crippen LogP contribution in [0.4, 0.5) is 5.69 Å². The summed E-state index contributed by atoms with van der Waals surface area (Å²) >= 11 is 0. The van der Waals surface area contributed by atoms with Crippen LogP contribution in [-0.2, 0) is 16.8 Å². The number of ether oxygens (including phenoxy) is 1. The summed E-state index contributed by atoms with van der Waals surface area (Å²) in [5.74, 6) is 0.868. The first-order chi connectivity index (χ1) is 11.7. The van der Waals surface area contributed by atoms with Crippen LogP contribution in [0.15, 0.2) is 42.5 Å². The first-order valence-corrected chi connectivity index (χ1v) is 8.18. The van der Waals surface area contributed by atoms with Gasteiger partial charge in [-0.25, -0.2) is 0 Å². The second-order valence-corrected chi connectivity index (χ2v) is 6.44. The molecule has 1 aromatic heterocycles. The zero-order valence-electron chi connectivity index (χ0n) is 13.3. The summed E-state index contributed by atoms with van der Waals surface area (Å²) in [6, 6.07) is 14.0. The van der Waals surface area contributed by atoms with Crippen molar-refractivity contribution in [3.63, 3.8) is 0 Å². The average Bonchev–Trinajstić information content (AvgIpc) is 3.12. The number of para-hydroxylation sites is 1. The topological polar surface area (TPSA) is 70.7 Å². The van der Waals surface area contributed by atoms with Gasteiger partial charge in [-0.15, -0.1) is 0 Å². The highest BCUT2D eigenvalue weighted by atomic mass is 16.5. The molecule has 2 aliphatic rings. The van der Waals surface area contributed by atoms with E-state index >= 15 is 0 Å². The number of rotatable bonds is 1. The molecule has 4 N–H and O–H groups in total. The molecule has 1 amide bonds. The third kappa shape index (κ3) is 1.55. The van der Waals surface area contributed by atoms with E-state index in [-0.39, 0.29) is 5.91 Å². The van der Waals surface area contributed by atoms with Crippen molar-refractivity contribution in [3.8, 4) is 5.75 Å². The van der Waals surface area contributed by atoms with Gasteiger partial charge in [-0.3, -0.25) is 4.79 Å². The Morgan fingerprint density at radius 2 is 2.08 bits per heavy atom. The Morgan fingerprint density at radius 3 is 2.96 bits per heavy atom. The summed E-state index contributed by atoms with van der Waals surface area (Å²) in [6.45, 7) is 0.874. The monoisotopic (exact) mass is 320 g/mol. The lowest BCUT2D eigenvalue weighted by Crippen LogP contribution is -2.98. The van der Waals surface area contributed by atoms with Crippen molar-refractivity contribution in [3.05, 3.63) is 59.3 Å². The number of fused-ring (bicyclic) bond motifs is 6. The molecule has 0 aliphatic carbocycles. The van der Waals surface area contributed by atoms with E-state index in [9.17, 15) is 4.79 Å². The Morgan fingerprint density at radius 1 is 1.21 bits per heavy atom. The third-order valence-corrected chi connectivity index (χ3v) is 5.31. The highest BCUT2D eigenvalue weighted by molar-refractivity contribution is 6.08. The van der Waals surface area contributed by atoms with Gasteiger partial charge in [0, 0.05) is 17.3 Å². The van der Waals surface area contributed by atoms with Crippen molar-refractivity contribution in [1.82, 2.24) is 4.98 Å². The quantitative estimate of drug-likeness (QED) is 0.636. The first-order valence-electron chi connectivity index (χ1n) is 8.18. The molecule has 5 nitrogen and oxygen atoms in total. The molecule has 120 valence electrons. The molecular weight excluding hydrogens is 302 g/mol. The lowest BCUT2D eigenvalue weighted by Gasteiger charge is -2.29. The van der Waals surface area contributed by atoms with E-state index in [0.717, 1.165) is 46.6 Å². The van der Waals surface area contributed by atoms with Gasteiger partial charge < -0.3 is 20.4 Å². The number of quaternary nitrogens is 1. The maximum absolute atomic E-state index is 13.0. The van der Waals surface area contributed by atoms with Gasteiger partial charge in [0.1, 0.15) is 5.75 Å². The molecule has 5 rings (SSSR count). The van der Waals surface area contributed by atoms with Crippen LogP contribution in [0.5, 0.6) is 5.75 Å². The van der Waals surface area contributed by atoms with Crippen LogP contribution in [0.25, 0.3) is 10.9 Å². The number of aromatic nitrogens is 1. The number of amides is 1. The standard InChI is InChI=1S/C19H17N3O2/c1-24-11-6-7-15-13(10-11)12-8-9-20-19(17(12)21-15)14-4-2-3-5-16(14)22-18(19)23/h2-7,10,20-21H,8-9H2,1H3,(H,22,23)/p+1/t19-/m1/s1. The molecule has 5 heteroatoms. The molecule has 0 radical (unpaired) electrons. The van der Waals surface area contributed by atoms with E-state index < -0.39 is 5.54 Å². The molecule has 0 saturated carbocycles. The van der Waals surface area contributed by atoms with Crippen molar-refractivity contribution in [2.75, 3.05) is 19.0 Å². The fraction of sp³-hybridized carbons (Fsp3) is 0.211. The number of aromatic amines is 1. The highest BCUT2D eigenvalue weighted by Gasteiger charge is 2.55. The normalized spacial score (nSPS) is 21.6. The number of H-pyrrole nitrogens is 1. The summed E-state index contributed by atoms with van der Waals surface area (Å²) in [5, 5.41) is 6.35. The van der Waals surface area contributed by atoms with Gasteiger partial charge in [-0.05, 0) is 35.9 Å². The second kappa shape index (κ2) is 4.61. The second-order valence-electron chi connectivity index (χ2n) is 6.44. The molecular formula is C19H18N3O2+. The Kier molecular flexibility index (Phi) is 2.62. The van der Waals surface area contributed by atoms with E-state index in [1.807, 2.05) is 36.4 Å². The van der Waals surface area contributed by atoms with Crippen LogP contribution in [-0.4, -0.2) is 24.5 Å². The smallest absolute Gasteiger partial charge is 0.297 e. The number of hydrogen-bond donors (Lipinski definition) is 3. The Bertz CT molecular complexity index is 991. The Hall–Kier alpha value is -2.79. The zero-order chi connectivity index (χ0) is 16.3. The fourth-order valence-electron chi connectivity index (χ4n) is 4.22. The van der Waals surface area contributed by atoms with Crippen molar-refractivity contribution < 1.29 is 14.8 Å². The van der Waals surface area contributed by atoms with Crippen LogP contribution >= 0.6 is 0 Å². The van der Waals surface area contributed by atoms with Crippen molar-refractivity contribution in [1.29, 1.82) is 0 Å². The minimum absolute atomic E-state index is 0.0307. The Labute approximate surface area is 139 Å². The van der Waals surface area contributed by atoms with E-state index in [4.69, 9.17) is 4.74 Å². The average molecular weight is 320 g/mol. The summed E-state index contributed by atoms with van der Waals surface area (Å²) in [5.41, 5.74) is 4.50. The van der Waals surface area contributed by atoms with Crippen LogP contribution in [0, 0.1) is 0 Å². The minimum atomic E-state index is -0.712. The lowest BCUT2D eigenvalue weighted by molar-refractivity contribution is -0.713. The number of hydrogen-bond acceptors (Lipinski definition) is 2.